The van der Waals surface area contributed by atoms with Gasteiger partial charge in [0.1, 0.15) is 11.5 Å². The zero-order valence-corrected chi connectivity index (χ0v) is 9.03. The summed E-state index contributed by atoms with van der Waals surface area (Å²) in [7, 11) is 1.91. The molecule has 2 aromatic heterocycles. The van der Waals surface area contributed by atoms with Crippen LogP contribution < -0.4 is 5.32 Å². The number of furan rings is 1. The zero-order chi connectivity index (χ0) is 10.7. The fourth-order valence-electron chi connectivity index (χ4n) is 1.57. The molecule has 4 nitrogen and oxygen atoms in total. The van der Waals surface area contributed by atoms with E-state index < -0.39 is 0 Å². The highest BCUT2D eigenvalue weighted by atomic mass is 16.3. The van der Waals surface area contributed by atoms with Gasteiger partial charge in [0.05, 0.1) is 13.1 Å². The Morgan fingerprint density at radius 2 is 2.40 bits per heavy atom. The summed E-state index contributed by atoms with van der Waals surface area (Å²) in [4.78, 5) is 0. The molecule has 0 amide bonds. The second kappa shape index (κ2) is 4.31. The Balaban J connectivity index is 2.14. The van der Waals surface area contributed by atoms with Crippen molar-refractivity contribution in [1.29, 1.82) is 0 Å². The SMILES string of the molecule is CNCc1cc(Cn2cccn2)c(C)o1. The summed E-state index contributed by atoms with van der Waals surface area (Å²) >= 11 is 0. The van der Waals surface area contributed by atoms with Crippen molar-refractivity contribution in [3.63, 3.8) is 0 Å². The molecule has 0 bridgehead atoms. The number of aryl methyl sites for hydroxylation is 1. The van der Waals surface area contributed by atoms with Crippen LogP contribution in [0, 0.1) is 6.92 Å². The number of hydrogen-bond donors (Lipinski definition) is 1. The van der Waals surface area contributed by atoms with Crippen LogP contribution in [0.2, 0.25) is 0 Å². The van der Waals surface area contributed by atoms with Crippen molar-refractivity contribution in [3.05, 3.63) is 41.6 Å². The lowest BCUT2D eigenvalue weighted by Crippen LogP contribution is -2.03. The molecule has 0 unspecified atom stereocenters. The third-order valence-electron chi connectivity index (χ3n) is 2.31. The minimum atomic E-state index is 0.764. The molecule has 0 aliphatic carbocycles. The van der Waals surface area contributed by atoms with Crippen molar-refractivity contribution in [3.8, 4) is 0 Å². The minimum Gasteiger partial charge on any atom is -0.465 e. The lowest BCUT2D eigenvalue weighted by Gasteiger charge is -1.98. The maximum atomic E-state index is 5.60. The van der Waals surface area contributed by atoms with E-state index in [0.29, 0.717) is 0 Å². The fraction of sp³-hybridized carbons (Fsp3) is 0.364. The van der Waals surface area contributed by atoms with Gasteiger partial charge < -0.3 is 9.73 Å². The highest BCUT2D eigenvalue weighted by molar-refractivity contribution is 5.21. The summed E-state index contributed by atoms with van der Waals surface area (Å²) in [6.45, 7) is 3.52. The van der Waals surface area contributed by atoms with Crippen LogP contribution in [0.4, 0.5) is 0 Å². The van der Waals surface area contributed by atoms with E-state index in [4.69, 9.17) is 4.42 Å². The first-order chi connectivity index (χ1) is 7.29. The predicted molar refractivity (Wildman–Crippen MR) is 57.5 cm³/mol. The zero-order valence-electron chi connectivity index (χ0n) is 9.03. The van der Waals surface area contributed by atoms with Crippen molar-refractivity contribution >= 4 is 0 Å². The molecule has 2 aromatic rings. The average Bonchev–Trinajstić information content (AvgIpc) is 2.79. The summed E-state index contributed by atoms with van der Waals surface area (Å²) in [5, 5.41) is 7.23. The molecule has 2 heterocycles. The molecule has 80 valence electrons. The smallest absolute Gasteiger partial charge is 0.118 e. The van der Waals surface area contributed by atoms with Gasteiger partial charge in [0.15, 0.2) is 0 Å². The summed E-state index contributed by atoms with van der Waals surface area (Å²) in [6, 6.07) is 4.00. The topological polar surface area (TPSA) is 43.0 Å². The predicted octanol–water partition coefficient (Wildman–Crippen LogP) is 1.55. The van der Waals surface area contributed by atoms with Crippen molar-refractivity contribution < 1.29 is 4.42 Å². The minimum absolute atomic E-state index is 0.764. The number of rotatable bonds is 4. The van der Waals surface area contributed by atoms with Crippen molar-refractivity contribution in [1.82, 2.24) is 15.1 Å². The van der Waals surface area contributed by atoms with E-state index in [9.17, 15) is 0 Å². The number of aromatic nitrogens is 2. The quantitative estimate of drug-likeness (QED) is 0.823. The van der Waals surface area contributed by atoms with Crippen molar-refractivity contribution in [2.24, 2.45) is 0 Å². The second-order valence-corrected chi connectivity index (χ2v) is 3.53. The molecule has 15 heavy (non-hydrogen) atoms. The molecule has 4 heteroatoms. The molecule has 0 atom stereocenters. The van der Waals surface area contributed by atoms with E-state index in [1.807, 2.05) is 30.9 Å². The summed E-state index contributed by atoms with van der Waals surface area (Å²) in [5.74, 6) is 1.94. The maximum Gasteiger partial charge on any atom is 0.118 e. The molecule has 0 saturated heterocycles. The third-order valence-corrected chi connectivity index (χ3v) is 2.31. The van der Waals surface area contributed by atoms with Gasteiger partial charge in [-0.05, 0) is 26.1 Å². The third kappa shape index (κ3) is 2.27. The molecule has 0 aromatic carbocycles. The maximum absolute atomic E-state index is 5.60. The van der Waals surface area contributed by atoms with Crippen LogP contribution in [0.15, 0.2) is 28.9 Å². The molecule has 0 saturated carbocycles. The molecule has 0 aliphatic rings. The molecular weight excluding hydrogens is 190 g/mol. The Bertz CT molecular complexity index is 417. The van der Waals surface area contributed by atoms with Crippen LogP contribution in [0.5, 0.6) is 0 Å². The monoisotopic (exact) mass is 205 g/mol. The molecule has 0 aliphatic heterocycles. The van der Waals surface area contributed by atoms with Gasteiger partial charge in [0.2, 0.25) is 0 Å². The molecule has 2 rings (SSSR count). The first-order valence-electron chi connectivity index (χ1n) is 5.00. The van der Waals surface area contributed by atoms with Gasteiger partial charge >= 0.3 is 0 Å². The Kier molecular flexibility index (Phi) is 2.87. The Morgan fingerprint density at radius 1 is 1.53 bits per heavy atom. The van der Waals surface area contributed by atoms with Crippen molar-refractivity contribution in [2.75, 3.05) is 7.05 Å². The second-order valence-electron chi connectivity index (χ2n) is 3.53. The van der Waals surface area contributed by atoms with Crippen molar-refractivity contribution in [2.45, 2.75) is 20.0 Å². The Labute approximate surface area is 88.9 Å². The number of hydrogen-bond acceptors (Lipinski definition) is 3. The lowest BCUT2D eigenvalue weighted by atomic mass is 10.2. The van der Waals surface area contributed by atoms with Crippen LogP contribution in [0.3, 0.4) is 0 Å². The summed E-state index contributed by atoms with van der Waals surface area (Å²) in [6.07, 6.45) is 3.73. The van der Waals surface area contributed by atoms with E-state index in [2.05, 4.69) is 16.5 Å². The lowest BCUT2D eigenvalue weighted by molar-refractivity contribution is 0.468. The van der Waals surface area contributed by atoms with Gasteiger partial charge in [0.25, 0.3) is 0 Å². The van der Waals surface area contributed by atoms with Crippen LogP contribution in [-0.2, 0) is 13.1 Å². The van der Waals surface area contributed by atoms with Gasteiger partial charge in [-0.1, -0.05) is 0 Å². The van der Waals surface area contributed by atoms with E-state index in [0.717, 1.165) is 24.6 Å². The Hall–Kier alpha value is -1.55. The van der Waals surface area contributed by atoms with Crippen LogP contribution in [0.1, 0.15) is 17.1 Å². The average molecular weight is 205 g/mol. The van der Waals surface area contributed by atoms with Crippen LogP contribution >= 0.6 is 0 Å². The summed E-state index contributed by atoms with van der Waals surface area (Å²) in [5.41, 5.74) is 1.18. The largest absolute Gasteiger partial charge is 0.465 e. The van der Waals surface area contributed by atoms with E-state index in [-0.39, 0.29) is 0 Å². The molecule has 0 radical (unpaired) electrons. The van der Waals surface area contributed by atoms with Crippen LogP contribution in [0.25, 0.3) is 0 Å². The van der Waals surface area contributed by atoms with Gasteiger partial charge in [-0.25, -0.2) is 0 Å². The van der Waals surface area contributed by atoms with Gasteiger partial charge in [-0.15, -0.1) is 0 Å². The van der Waals surface area contributed by atoms with Gasteiger partial charge in [0, 0.05) is 18.0 Å². The standard InChI is InChI=1S/C11H15N3O/c1-9-10(6-11(15-9)7-12-2)8-14-5-3-4-13-14/h3-6,12H,7-8H2,1-2H3. The first kappa shape index (κ1) is 9.98. The van der Waals surface area contributed by atoms with Crippen LogP contribution in [-0.4, -0.2) is 16.8 Å². The molecule has 0 spiro atoms. The first-order valence-corrected chi connectivity index (χ1v) is 5.00. The fourth-order valence-corrected chi connectivity index (χ4v) is 1.57. The Morgan fingerprint density at radius 3 is 3.07 bits per heavy atom. The number of nitrogens with zero attached hydrogens (tertiary/aromatic N) is 2. The van der Waals surface area contributed by atoms with E-state index in [1.165, 1.54) is 5.56 Å². The molecular formula is C11H15N3O. The highest BCUT2D eigenvalue weighted by Gasteiger charge is 2.07. The molecule has 0 fully saturated rings. The van der Waals surface area contributed by atoms with Gasteiger partial charge in [-0.3, -0.25) is 4.68 Å². The summed E-state index contributed by atoms with van der Waals surface area (Å²) < 4.78 is 7.49. The van der Waals surface area contributed by atoms with Gasteiger partial charge in [-0.2, -0.15) is 5.10 Å². The normalized spacial score (nSPS) is 10.8. The van der Waals surface area contributed by atoms with E-state index >= 15 is 0 Å². The van der Waals surface area contributed by atoms with E-state index in [1.54, 1.807) is 6.20 Å². The molecule has 1 N–H and O–H groups in total. The number of nitrogens with one attached hydrogen (secondary N) is 1. The highest BCUT2D eigenvalue weighted by Crippen LogP contribution is 2.15.